The van der Waals surface area contributed by atoms with Gasteiger partial charge in [0.15, 0.2) is 5.75 Å². The third-order valence-electron chi connectivity index (χ3n) is 9.11. The van der Waals surface area contributed by atoms with Gasteiger partial charge in [-0.3, -0.25) is 18.2 Å². The highest BCUT2D eigenvalue weighted by atomic mass is 35.5. The number of aromatic hydroxyl groups is 1. The lowest BCUT2D eigenvalue weighted by molar-refractivity contribution is 0.0697. The molecule has 27 nitrogen and oxygen atoms in total. The molecule has 358 valence electrons. The number of benzene rings is 5. The van der Waals surface area contributed by atoms with Crippen LogP contribution in [0.4, 0.5) is 57.9 Å². The number of aromatic nitrogens is 6. The van der Waals surface area contributed by atoms with Crippen molar-refractivity contribution in [2.24, 2.45) is 10.2 Å². The Hall–Kier alpha value is -7.33. The van der Waals surface area contributed by atoms with Crippen molar-refractivity contribution in [2.45, 2.75) is 19.6 Å². The van der Waals surface area contributed by atoms with Crippen molar-refractivity contribution in [3.05, 3.63) is 101 Å². The van der Waals surface area contributed by atoms with Gasteiger partial charge in [0, 0.05) is 23.8 Å². The van der Waals surface area contributed by atoms with Crippen LogP contribution in [0.1, 0.15) is 10.4 Å². The summed E-state index contributed by atoms with van der Waals surface area (Å²) in [5, 5.41) is 34.8. The summed E-state index contributed by atoms with van der Waals surface area (Å²) in [6, 6.07) is 16.0. The molecule has 7 rings (SSSR count). The van der Waals surface area contributed by atoms with Crippen LogP contribution in [0.2, 0.25) is 10.6 Å². The Bertz CT molecular complexity index is 3770. The number of carboxylic acids is 1. The van der Waals surface area contributed by atoms with Crippen LogP contribution in [-0.4, -0.2) is 105 Å². The van der Waals surface area contributed by atoms with Crippen LogP contribution in [0.5, 0.6) is 5.75 Å². The van der Waals surface area contributed by atoms with Gasteiger partial charge in [0.25, 0.3) is 40.5 Å². The first-order valence-electron chi connectivity index (χ1n) is 18.3. The van der Waals surface area contributed by atoms with Crippen molar-refractivity contribution in [1.82, 2.24) is 29.9 Å². The third-order valence-corrected chi connectivity index (χ3v) is 12.9. The zero-order valence-electron chi connectivity index (χ0n) is 33.9. The van der Waals surface area contributed by atoms with Crippen molar-refractivity contribution in [2.75, 3.05) is 27.9 Å². The molecule has 0 spiro atoms. The topological polar surface area (TPSA) is 416 Å². The Kier molecular flexibility index (Phi) is 13.4. The molecule has 0 amide bonds. The number of fused-ring (bicyclic) bond motifs is 1. The summed E-state index contributed by atoms with van der Waals surface area (Å²) in [5.74, 6) is -4.07. The van der Waals surface area contributed by atoms with Crippen molar-refractivity contribution < 1.29 is 66.9 Å². The number of hydrogen-bond donors (Lipinski definition) is 9. The van der Waals surface area contributed by atoms with E-state index < -0.39 is 122 Å². The molecular formula is C36H26Cl2N12O15S4. The molecule has 7 aromatic rings. The Morgan fingerprint density at radius 2 is 1.20 bits per heavy atom. The fourth-order valence-corrected chi connectivity index (χ4v) is 8.74. The molecule has 0 aliphatic rings. The van der Waals surface area contributed by atoms with Gasteiger partial charge in [-0.05, 0) is 95.3 Å². The number of aromatic carboxylic acids is 1. The summed E-state index contributed by atoms with van der Waals surface area (Å²) in [5.41, 5.74) is -2.81. The molecule has 0 unspecified atom stereocenters. The minimum absolute atomic E-state index is 0.0472. The largest absolute Gasteiger partial charge is 0.505 e. The molecule has 0 saturated heterocycles. The first kappa shape index (κ1) is 49.6. The molecule has 0 bridgehead atoms. The Balaban J connectivity index is 1.31. The summed E-state index contributed by atoms with van der Waals surface area (Å²) in [7, 11) is -18.9. The molecule has 0 atom stereocenters. The van der Waals surface area contributed by atoms with Crippen LogP contribution in [0.15, 0.2) is 115 Å². The molecule has 0 radical (unpaired) electrons. The Morgan fingerprint density at radius 1 is 0.609 bits per heavy atom. The van der Waals surface area contributed by atoms with E-state index in [9.17, 15) is 66.9 Å². The second-order valence-corrected chi connectivity index (χ2v) is 20.0. The van der Waals surface area contributed by atoms with Gasteiger partial charge in [0.05, 0.1) is 26.7 Å². The number of nitrogens with zero attached hydrogens (tertiary/aromatic N) is 9. The number of phenols is 1. The first-order chi connectivity index (χ1) is 32.1. The Labute approximate surface area is 397 Å². The van der Waals surface area contributed by atoms with Gasteiger partial charge < -0.3 is 31.1 Å². The first-order valence-corrected chi connectivity index (χ1v) is 24.8. The number of halogens is 2. The molecule has 2 heterocycles. The number of anilines is 8. The number of para-hydroxylation sites is 1. The maximum Gasteiger partial charge on any atom is 0.337 e. The number of hydrogen-bond acceptors (Lipinski definition) is 22. The molecule has 5 aromatic carbocycles. The average Bonchev–Trinajstić information content (AvgIpc) is 3.24. The molecular weight excluding hydrogens is 1040 g/mol. The lowest BCUT2D eigenvalue weighted by Crippen LogP contribution is -2.15. The van der Waals surface area contributed by atoms with Crippen LogP contribution in [-0.2, 0) is 40.5 Å². The van der Waals surface area contributed by atoms with E-state index in [1.807, 2.05) is 0 Å². The lowest BCUT2D eigenvalue weighted by Gasteiger charge is -2.18. The maximum absolute atomic E-state index is 12.8. The zero-order valence-corrected chi connectivity index (χ0v) is 38.6. The van der Waals surface area contributed by atoms with Crippen LogP contribution < -0.4 is 20.9 Å². The normalized spacial score (nSPS) is 12.3. The van der Waals surface area contributed by atoms with Gasteiger partial charge in [-0.1, -0.05) is 18.2 Å². The molecule has 0 aliphatic carbocycles. The van der Waals surface area contributed by atoms with Crippen LogP contribution in [0.25, 0.3) is 10.8 Å². The maximum atomic E-state index is 12.8. The summed E-state index contributed by atoms with van der Waals surface area (Å²) < 4.78 is 138. The van der Waals surface area contributed by atoms with Crippen LogP contribution >= 0.6 is 23.2 Å². The number of nitrogens with one attached hydrogen (secondary N) is 3. The average molecular weight is 1070 g/mol. The van der Waals surface area contributed by atoms with E-state index in [1.54, 1.807) is 37.4 Å². The highest BCUT2D eigenvalue weighted by Gasteiger charge is 2.27. The predicted octanol–water partition coefficient (Wildman–Crippen LogP) is 6.32. The van der Waals surface area contributed by atoms with E-state index in [2.05, 4.69) is 56.1 Å². The molecule has 0 saturated carbocycles. The van der Waals surface area contributed by atoms with Crippen molar-refractivity contribution in [3.63, 3.8) is 0 Å². The minimum Gasteiger partial charge on any atom is -0.505 e. The minimum atomic E-state index is -5.45. The van der Waals surface area contributed by atoms with Gasteiger partial charge in [-0.2, -0.15) is 63.6 Å². The van der Waals surface area contributed by atoms with E-state index in [4.69, 9.17) is 23.2 Å². The van der Waals surface area contributed by atoms with Gasteiger partial charge in [-0.15, -0.1) is 10.2 Å². The molecule has 9 N–H and O–H groups in total. The van der Waals surface area contributed by atoms with Gasteiger partial charge >= 0.3 is 5.97 Å². The monoisotopic (exact) mass is 1060 g/mol. The molecule has 2 aromatic heterocycles. The van der Waals surface area contributed by atoms with Crippen molar-refractivity contribution >= 4 is 138 Å². The van der Waals surface area contributed by atoms with Gasteiger partial charge in [0.1, 0.15) is 21.2 Å². The summed E-state index contributed by atoms with van der Waals surface area (Å²) in [6.07, 6.45) is 0. The standard InChI is InChI=1S/C36H26Cl2N12O15S4/c1-50(18-5-3-2-4-6-18)36-45-32(38)44-35(47-36)41-24-15-20(67(57,58)59)11-16-12-26(69(63,64)65)28(29(51)27(16)24)49-48-23-13-17(7-10-25(23)68(60,61)62)39-33-42-31(37)43-34(46-33)40-22-9-8-19(66(54,55)56)14-21(22)30(52)53/h2-15,51H,1H3,(H,52,53)(H,54,55,56)(H,57,58,59)(H,60,61,62)(H,63,64,65)(H,41,44,45,47)(H2,39,40,42,43,46). The van der Waals surface area contributed by atoms with Crippen LogP contribution in [0, 0.1) is 0 Å². The number of carboxylic acid groups (broad SMARTS) is 1. The smallest absolute Gasteiger partial charge is 0.337 e. The summed E-state index contributed by atoms with van der Waals surface area (Å²) in [6.45, 7) is 0. The fourth-order valence-electron chi connectivity index (χ4n) is 6.11. The summed E-state index contributed by atoms with van der Waals surface area (Å²) in [4.78, 5) is 33.7. The van der Waals surface area contributed by atoms with Gasteiger partial charge in [0.2, 0.25) is 34.4 Å². The zero-order chi connectivity index (χ0) is 50.4. The van der Waals surface area contributed by atoms with Gasteiger partial charge in [-0.25, -0.2) is 4.79 Å². The second-order valence-electron chi connectivity index (χ2n) is 13.7. The van der Waals surface area contributed by atoms with E-state index >= 15 is 0 Å². The molecule has 69 heavy (non-hydrogen) atoms. The number of azo groups is 1. The van der Waals surface area contributed by atoms with Crippen molar-refractivity contribution in [3.8, 4) is 5.75 Å². The number of carbonyl (C=O) groups is 1. The van der Waals surface area contributed by atoms with E-state index in [1.165, 1.54) is 4.90 Å². The number of phenolic OH excluding ortho intramolecular Hbond substituents is 1. The molecule has 0 fully saturated rings. The lowest BCUT2D eigenvalue weighted by atomic mass is 10.1. The van der Waals surface area contributed by atoms with E-state index in [-0.39, 0.29) is 28.6 Å². The second kappa shape index (κ2) is 18.6. The van der Waals surface area contributed by atoms with Crippen molar-refractivity contribution in [1.29, 1.82) is 0 Å². The molecule has 0 aliphatic heterocycles. The predicted molar refractivity (Wildman–Crippen MR) is 243 cm³/mol. The quantitative estimate of drug-likeness (QED) is 0.0400. The fraction of sp³-hybridized carbons (Fsp3) is 0.0278. The SMILES string of the molecule is CN(c1ccccc1)c1nc(Cl)nc(Nc2cc(S(=O)(=O)O)cc3cc(S(=O)(=O)O)c(N=Nc4cc(Nc5nc(Cl)nc(Nc6ccc(S(=O)(=O)O)cc6C(=O)O)n5)ccc4S(=O)(=O)O)c(O)c23)n1. The third kappa shape index (κ3) is 11.3. The summed E-state index contributed by atoms with van der Waals surface area (Å²) >= 11 is 12.3. The van der Waals surface area contributed by atoms with E-state index in [0.717, 1.165) is 42.5 Å². The highest BCUT2D eigenvalue weighted by Crippen LogP contribution is 2.46. The molecule has 33 heteroatoms. The highest BCUT2D eigenvalue weighted by molar-refractivity contribution is 7.86. The number of rotatable bonds is 15. The Morgan fingerprint density at radius 3 is 1.81 bits per heavy atom. The van der Waals surface area contributed by atoms with E-state index in [0.29, 0.717) is 17.8 Å². The van der Waals surface area contributed by atoms with Crippen LogP contribution in [0.3, 0.4) is 0 Å².